The van der Waals surface area contributed by atoms with Crippen LogP contribution in [0.25, 0.3) is 0 Å². The largest absolute Gasteiger partial charge is 0.353 e. The van der Waals surface area contributed by atoms with Crippen LogP contribution in [0.2, 0.25) is 0 Å². The van der Waals surface area contributed by atoms with E-state index in [4.69, 9.17) is 0 Å². The lowest BCUT2D eigenvalue weighted by molar-refractivity contribution is -0.122. The Bertz CT molecular complexity index is 631. The molecule has 0 saturated heterocycles. The highest BCUT2D eigenvalue weighted by molar-refractivity contribution is 9.10. The fraction of sp³-hybridized carbons (Fsp3) is 0.562. The summed E-state index contributed by atoms with van der Waals surface area (Å²) in [6.07, 6.45) is 4.67. The van der Waals surface area contributed by atoms with Gasteiger partial charge in [0.05, 0.1) is 4.90 Å². The van der Waals surface area contributed by atoms with Crippen LogP contribution < -0.4 is 10.0 Å². The first-order valence-electron chi connectivity index (χ1n) is 7.93. The highest BCUT2D eigenvalue weighted by atomic mass is 79.9. The average Bonchev–Trinajstić information content (AvgIpc) is 2.50. The van der Waals surface area contributed by atoms with Crippen LogP contribution in [0.4, 0.5) is 0 Å². The van der Waals surface area contributed by atoms with Crippen LogP contribution in [0.1, 0.15) is 39.0 Å². The third kappa shape index (κ3) is 5.58. The minimum atomic E-state index is -3.57. The topological polar surface area (TPSA) is 75.3 Å². The Kier molecular flexibility index (Phi) is 6.61. The predicted molar refractivity (Wildman–Crippen MR) is 93.5 cm³/mol. The molecule has 5 nitrogen and oxygen atoms in total. The van der Waals surface area contributed by atoms with E-state index in [1.807, 2.05) is 0 Å². The molecule has 0 radical (unpaired) electrons. The van der Waals surface area contributed by atoms with Crippen LogP contribution in [0, 0.1) is 5.92 Å². The van der Waals surface area contributed by atoms with Crippen LogP contribution in [0.5, 0.6) is 0 Å². The van der Waals surface area contributed by atoms with E-state index in [1.165, 1.54) is 18.6 Å². The average molecular weight is 403 g/mol. The molecular formula is C16H23BrN2O3S. The van der Waals surface area contributed by atoms with Gasteiger partial charge in [-0.15, -0.1) is 0 Å². The molecule has 1 aromatic carbocycles. The van der Waals surface area contributed by atoms with Gasteiger partial charge >= 0.3 is 0 Å². The molecule has 2 N–H and O–H groups in total. The van der Waals surface area contributed by atoms with Gasteiger partial charge in [0, 0.05) is 23.5 Å². The zero-order valence-electron chi connectivity index (χ0n) is 13.2. The van der Waals surface area contributed by atoms with E-state index in [0.29, 0.717) is 5.92 Å². The van der Waals surface area contributed by atoms with Crippen molar-refractivity contribution in [3.63, 3.8) is 0 Å². The van der Waals surface area contributed by atoms with Crippen molar-refractivity contribution in [2.24, 2.45) is 5.92 Å². The smallest absolute Gasteiger partial charge is 0.240 e. The van der Waals surface area contributed by atoms with E-state index in [1.54, 1.807) is 12.1 Å². The Morgan fingerprint density at radius 1 is 1.22 bits per heavy atom. The summed E-state index contributed by atoms with van der Waals surface area (Å²) in [5.41, 5.74) is 0. The molecule has 2 rings (SSSR count). The minimum absolute atomic E-state index is 0.0951. The molecule has 1 aromatic rings. The van der Waals surface area contributed by atoms with E-state index < -0.39 is 10.0 Å². The Labute approximate surface area is 146 Å². The molecular weight excluding hydrogens is 380 g/mol. The molecule has 128 valence electrons. The van der Waals surface area contributed by atoms with Gasteiger partial charge < -0.3 is 5.32 Å². The first kappa shape index (κ1) is 18.4. The molecule has 0 spiro atoms. The highest BCUT2D eigenvalue weighted by Crippen LogP contribution is 2.23. The number of carbonyl (C=O) groups excluding carboxylic acids is 1. The van der Waals surface area contributed by atoms with Gasteiger partial charge in [-0.2, -0.15) is 0 Å². The van der Waals surface area contributed by atoms with Crippen LogP contribution in [-0.4, -0.2) is 26.9 Å². The summed E-state index contributed by atoms with van der Waals surface area (Å²) >= 11 is 3.27. The lowest BCUT2D eigenvalue weighted by Gasteiger charge is -2.29. The summed E-state index contributed by atoms with van der Waals surface area (Å²) in [5.74, 6) is 0.398. The number of amides is 1. The SMILES string of the molecule is CC1CCCCC1NC(=O)CCNS(=O)(=O)c1ccc(Br)cc1. The van der Waals surface area contributed by atoms with Gasteiger partial charge in [0.2, 0.25) is 15.9 Å². The van der Waals surface area contributed by atoms with Gasteiger partial charge in [0.25, 0.3) is 0 Å². The van der Waals surface area contributed by atoms with E-state index in [2.05, 4.69) is 32.9 Å². The molecule has 23 heavy (non-hydrogen) atoms. The van der Waals surface area contributed by atoms with Gasteiger partial charge in [-0.1, -0.05) is 35.7 Å². The molecule has 0 aromatic heterocycles. The van der Waals surface area contributed by atoms with Gasteiger partial charge in [-0.25, -0.2) is 13.1 Å². The van der Waals surface area contributed by atoms with Gasteiger partial charge in [0.15, 0.2) is 0 Å². The minimum Gasteiger partial charge on any atom is -0.353 e. The number of rotatable bonds is 6. The maximum Gasteiger partial charge on any atom is 0.240 e. The van der Waals surface area contributed by atoms with Crippen molar-refractivity contribution in [1.82, 2.24) is 10.0 Å². The van der Waals surface area contributed by atoms with Crippen molar-refractivity contribution in [2.75, 3.05) is 6.54 Å². The second-order valence-corrected chi connectivity index (χ2v) is 8.72. The van der Waals surface area contributed by atoms with E-state index >= 15 is 0 Å². The molecule has 0 bridgehead atoms. The molecule has 1 fully saturated rings. The number of halogens is 1. The first-order valence-corrected chi connectivity index (χ1v) is 10.2. The molecule has 1 aliphatic carbocycles. The summed E-state index contributed by atoms with van der Waals surface area (Å²) < 4.78 is 27.5. The second-order valence-electron chi connectivity index (χ2n) is 6.04. The number of nitrogens with one attached hydrogen (secondary N) is 2. The quantitative estimate of drug-likeness (QED) is 0.767. The lowest BCUT2D eigenvalue weighted by atomic mass is 9.86. The number of sulfonamides is 1. The van der Waals surface area contributed by atoms with Crippen LogP contribution >= 0.6 is 15.9 Å². The maximum atomic E-state index is 12.1. The van der Waals surface area contributed by atoms with Crippen molar-refractivity contribution in [3.8, 4) is 0 Å². The Morgan fingerprint density at radius 3 is 2.52 bits per heavy atom. The predicted octanol–water partition coefficient (Wildman–Crippen LogP) is 2.81. The summed E-state index contributed by atoms with van der Waals surface area (Å²) in [7, 11) is -3.57. The standard InChI is InChI=1S/C16H23BrN2O3S/c1-12-4-2-3-5-15(12)19-16(20)10-11-18-23(21,22)14-8-6-13(17)7-9-14/h6-9,12,15,18H,2-5,10-11H2,1H3,(H,19,20). The number of benzene rings is 1. The molecule has 2 unspecified atom stereocenters. The zero-order valence-corrected chi connectivity index (χ0v) is 15.6. The monoisotopic (exact) mass is 402 g/mol. The Balaban J connectivity index is 1.79. The van der Waals surface area contributed by atoms with Crippen LogP contribution in [-0.2, 0) is 14.8 Å². The summed E-state index contributed by atoms with van der Waals surface area (Å²) in [6.45, 7) is 2.26. The summed E-state index contributed by atoms with van der Waals surface area (Å²) in [6, 6.07) is 6.61. The van der Waals surface area contributed by atoms with Gasteiger partial charge in [-0.3, -0.25) is 4.79 Å². The third-order valence-corrected chi connectivity index (χ3v) is 6.23. The maximum absolute atomic E-state index is 12.1. The van der Waals surface area contributed by atoms with Crippen molar-refractivity contribution in [1.29, 1.82) is 0 Å². The summed E-state index contributed by atoms with van der Waals surface area (Å²) in [4.78, 5) is 12.2. The van der Waals surface area contributed by atoms with Gasteiger partial charge in [0.1, 0.15) is 0 Å². The lowest BCUT2D eigenvalue weighted by Crippen LogP contribution is -2.42. The van der Waals surface area contributed by atoms with Crippen molar-refractivity contribution < 1.29 is 13.2 Å². The van der Waals surface area contributed by atoms with Crippen LogP contribution in [0.3, 0.4) is 0 Å². The molecule has 1 amide bonds. The van der Waals surface area contributed by atoms with E-state index in [-0.39, 0.29) is 29.8 Å². The van der Waals surface area contributed by atoms with Crippen molar-refractivity contribution in [3.05, 3.63) is 28.7 Å². The summed E-state index contributed by atoms with van der Waals surface area (Å²) in [5, 5.41) is 3.02. The van der Waals surface area contributed by atoms with Gasteiger partial charge in [-0.05, 0) is 43.0 Å². The van der Waals surface area contributed by atoms with Crippen molar-refractivity contribution >= 4 is 31.9 Å². The highest BCUT2D eigenvalue weighted by Gasteiger charge is 2.22. The molecule has 1 saturated carbocycles. The molecule has 7 heteroatoms. The Morgan fingerprint density at radius 2 is 1.87 bits per heavy atom. The first-order chi connectivity index (χ1) is 10.9. The number of hydrogen-bond donors (Lipinski definition) is 2. The van der Waals surface area contributed by atoms with E-state index in [0.717, 1.165) is 23.7 Å². The van der Waals surface area contributed by atoms with E-state index in [9.17, 15) is 13.2 Å². The molecule has 0 heterocycles. The molecule has 2 atom stereocenters. The fourth-order valence-corrected chi connectivity index (χ4v) is 4.10. The number of hydrogen-bond acceptors (Lipinski definition) is 3. The zero-order chi connectivity index (χ0) is 16.9. The second kappa shape index (κ2) is 8.26. The van der Waals surface area contributed by atoms with Crippen LogP contribution in [0.15, 0.2) is 33.6 Å². The van der Waals surface area contributed by atoms with Crippen molar-refractivity contribution in [2.45, 2.75) is 50.0 Å². The molecule has 0 aliphatic heterocycles. The third-order valence-electron chi connectivity index (χ3n) is 4.23. The normalized spacial score (nSPS) is 21.8. The number of carbonyl (C=O) groups is 1. The molecule has 1 aliphatic rings. The fourth-order valence-electron chi connectivity index (χ4n) is 2.81. The Hall–Kier alpha value is -0.920.